The Morgan fingerprint density at radius 1 is 1.56 bits per heavy atom. The van der Waals surface area contributed by atoms with E-state index >= 15 is 0 Å². The predicted molar refractivity (Wildman–Crippen MR) is 64.1 cm³/mol. The van der Waals surface area contributed by atoms with Crippen molar-refractivity contribution in [1.29, 1.82) is 0 Å². The summed E-state index contributed by atoms with van der Waals surface area (Å²) in [6, 6.07) is 5.22. The standard InChI is InChI=1S/C11H13ClN2O2/c1-8-3-2-6-13(8)10-5-4-9(12)7-11(10)14(15)16/h4-5,7-8H,2-3,6H2,1H3. The summed E-state index contributed by atoms with van der Waals surface area (Å²) in [5.41, 5.74) is 0.778. The Hall–Kier alpha value is -1.29. The third-order valence-electron chi connectivity index (χ3n) is 3.00. The second-order valence-electron chi connectivity index (χ2n) is 4.07. The fraction of sp³-hybridized carbons (Fsp3) is 0.455. The Morgan fingerprint density at radius 2 is 2.31 bits per heavy atom. The topological polar surface area (TPSA) is 46.4 Å². The molecule has 1 aromatic carbocycles. The molecule has 1 saturated heterocycles. The minimum absolute atomic E-state index is 0.0984. The molecule has 0 bridgehead atoms. The van der Waals surface area contributed by atoms with Gasteiger partial charge in [0.1, 0.15) is 5.69 Å². The number of nitrogens with zero attached hydrogens (tertiary/aromatic N) is 2. The summed E-state index contributed by atoms with van der Waals surface area (Å²) in [5, 5.41) is 11.4. The van der Waals surface area contributed by atoms with Crippen molar-refractivity contribution >= 4 is 23.0 Å². The Balaban J connectivity index is 2.43. The number of nitro benzene ring substituents is 1. The number of hydrogen-bond donors (Lipinski definition) is 0. The van der Waals surface area contributed by atoms with Crippen molar-refractivity contribution in [1.82, 2.24) is 0 Å². The van der Waals surface area contributed by atoms with Gasteiger partial charge in [-0.3, -0.25) is 10.1 Å². The summed E-state index contributed by atoms with van der Waals surface area (Å²) in [5.74, 6) is 0. The minimum Gasteiger partial charge on any atom is -0.363 e. The highest BCUT2D eigenvalue weighted by Gasteiger charge is 2.26. The van der Waals surface area contributed by atoms with Gasteiger partial charge < -0.3 is 4.90 Å². The number of nitro groups is 1. The van der Waals surface area contributed by atoms with Crippen molar-refractivity contribution < 1.29 is 4.92 Å². The molecule has 1 aliphatic heterocycles. The van der Waals surface area contributed by atoms with Crippen LogP contribution < -0.4 is 4.90 Å². The lowest BCUT2D eigenvalue weighted by molar-refractivity contribution is -0.384. The summed E-state index contributed by atoms with van der Waals surface area (Å²) in [6.07, 6.45) is 2.17. The second-order valence-corrected chi connectivity index (χ2v) is 4.51. The van der Waals surface area contributed by atoms with Gasteiger partial charge in [0.15, 0.2) is 0 Å². The van der Waals surface area contributed by atoms with Crippen molar-refractivity contribution in [3.05, 3.63) is 33.3 Å². The number of halogens is 1. The van der Waals surface area contributed by atoms with Crippen LogP contribution in [0.5, 0.6) is 0 Å². The molecule has 5 heteroatoms. The fourth-order valence-electron chi connectivity index (χ4n) is 2.18. The first-order valence-corrected chi connectivity index (χ1v) is 5.68. The van der Waals surface area contributed by atoms with Crippen molar-refractivity contribution in [2.45, 2.75) is 25.8 Å². The van der Waals surface area contributed by atoms with E-state index in [-0.39, 0.29) is 10.6 Å². The van der Waals surface area contributed by atoms with Gasteiger partial charge in [-0.15, -0.1) is 0 Å². The molecular formula is C11H13ClN2O2. The average molecular weight is 241 g/mol. The summed E-state index contributed by atoms with van der Waals surface area (Å²) in [4.78, 5) is 12.7. The summed E-state index contributed by atoms with van der Waals surface area (Å²) >= 11 is 5.78. The van der Waals surface area contributed by atoms with E-state index in [1.54, 1.807) is 12.1 Å². The van der Waals surface area contributed by atoms with Gasteiger partial charge in [0, 0.05) is 23.7 Å². The molecule has 0 aromatic heterocycles. The predicted octanol–water partition coefficient (Wildman–Crippen LogP) is 3.24. The van der Waals surface area contributed by atoms with Crippen LogP contribution in [0.25, 0.3) is 0 Å². The largest absolute Gasteiger partial charge is 0.363 e. The Morgan fingerprint density at radius 3 is 2.88 bits per heavy atom. The minimum atomic E-state index is -0.369. The third-order valence-corrected chi connectivity index (χ3v) is 3.23. The highest BCUT2D eigenvalue weighted by Crippen LogP contribution is 2.35. The van der Waals surface area contributed by atoms with E-state index in [2.05, 4.69) is 11.8 Å². The van der Waals surface area contributed by atoms with E-state index in [9.17, 15) is 10.1 Å². The third kappa shape index (κ3) is 1.97. The zero-order valence-electron chi connectivity index (χ0n) is 9.02. The van der Waals surface area contributed by atoms with E-state index in [0.29, 0.717) is 16.8 Å². The molecule has 1 fully saturated rings. The van der Waals surface area contributed by atoms with Crippen LogP contribution in [0.1, 0.15) is 19.8 Å². The molecule has 1 aromatic rings. The van der Waals surface area contributed by atoms with E-state index in [0.717, 1.165) is 19.4 Å². The van der Waals surface area contributed by atoms with Gasteiger partial charge in [-0.05, 0) is 31.9 Å². The van der Waals surface area contributed by atoms with Gasteiger partial charge >= 0.3 is 0 Å². The Labute approximate surface area is 99.0 Å². The van der Waals surface area contributed by atoms with Crippen LogP contribution in [0.3, 0.4) is 0 Å². The molecule has 0 amide bonds. The van der Waals surface area contributed by atoms with E-state index in [1.807, 2.05) is 0 Å². The van der Waals surface area contributed by atoms with Crippen LogP contribution in [0.2, 0.25) is 5.02 Å². The van der Waals surface area contributed by atoms with Crippen molar-refractivity contribution in [3.8, 4) is 0 Å². The van der Waals surface area contributed by atoms with Gasteiger partial charge in [0.2, 0.25) is 0 Å². The molecule has 0 saturated carbocycles. The Kier molecular flexibility index (Phi) is 3.01. The first-order valence-electron chi connectivity index (χ1n) is 5.30. The number of anilines is 1. The molecule has 86 valence electrons. The van der Waals surface area contributed by atoms with Gasteiger partial charge in [-0.1, -0.05) is 11.6 Å². The monoisotopic (exact) mass is 240 g/mol. The van der Waals surface area contributed by atoms with Crippen LogP contribution in [-0.2, 0) is 0 Å². The molecule has 1 heterocycles. The lowest BCUT2D eigenvalue weighted by Crippen LogP contribution is -2.26. The zero-order chi connectivity index (χ0) is 11.7. The Bertz CT molecular complexity index is 422. The van der Waals surface area contributed by atoms with Crippen LogP contribution in [-0.4, -0.2) is 17.5 Å². The molecule has 4 nitrogen and oxygen atoms in total. The number of benzene rings is 1. The number of hydrogen-bond acceptors (Lipinski definition) is 3. The van der Waals surface area contributed by atoms with Crippen LogP contribution in [0.15, 0.2) is 18.2 Å². The molecule has 1 unspecified atom stereocenters. The maximum absolute atomic E-state index is 11.0. The van der Waals surface area contributed by atoms with E-state index < -0.39 is 0 Å². The second kappa shape index (κ2) is 4.29. The van der Waals surface area contributed by atoms with E-state index in [1.165, 1.54) is 6.07 Å². The average Bonchev–Trinajstić information content (AvgIpc) is 2.64. The normalized spacial score (nSPS) is 20.1. The molecule has 0 radical (unpaired) electrons. The molecule has 1 atom stereocenters. The quantitative estimate of drug-likeness (QED) is 0.589. The first kappa shape index (κ1) is 11.2. The summed E-state index contributed by atoms with van der Waals surface area (Å²) in [7, 11) is 0. The number of rotatable bonds is 2. The lowest BCUT2D eigenvalue weighted by Gasteiger charge is -2.23. The highest BCUT2D eigenvalue weighted by atomic mass is 35.5. The molecule has 0 N–H and O–H groups in total. The van der Waals surface area contributed by atoms with E-state index in [4.69, 9.17) is 11.6 Å². The maximum Gasteiger partial charge on any atom is 0.294 e. The fourth-order valence-corrected chi connectivity index (χ4v) is 2.34. The summed E-state index contributed by atoms with van der Waals surface area (Å²) < 4.78 is 0. The summed E-state index contributed by atoms with van der Waals surface area (Å²) in [6.45, 7) is 2.97. The smallest absolute Gasteiger partial charge is 0.294 e. The molecule has 1 aliphatic rings. The van der Waals surface area contributed by atoms with Crippen molar-refractivity contribution in [3.63, 3.8) is 0 Å². The van der Waals surface area contributed by atoms with Gasteiger partial charge in [-0.25, -0.2) is 0 Å². The first-order chi connectivity index (χ1) is 7.59. The van der Waals surface area contributed by atoms with Gasteiger partial charge in [-0.2, -0.15) is 0 Å². The van der Waals surface area contributed by atoms with Crippen molar-refractivity contribution in [2.75, 3.05) is 11.4 Å². The van der Waals surface area contributed by atoms with Crippen molar-refractivity contribution in [2.24, 2.45) is 0 Å². The van der Waals surface area contributed by atoms with Gasteiger partial charge in [0.25, 0.3) is 5.69 Å². The van der Waals surface area contributed by atoms with Crippen LogP contribution in [0.4, 0.5) is 11.4 Å². The molecule has 0 spiro atoms. The highest BCUT2D eigenvalue weighted by molar-refractivity contribution is 6.30. The van der Waals surface area contributed by atoms with Crippen LogP contribution >= 0.6 is 11.6 Å². The maximum atomic E-state index is 11.0. The van der Waals surface area contributed by atoms with Gasteiger partial charge in [0.05, 0.1) is 4.92 Å². The zero-order valence-corrected chi connectivity index (χ0v) is 9.78. The molecule has 2 rings (SSSR count). The molecule has 0 aliphatic carbocycles. The lowest BCUT2D eigenvalue weighted by atomic mass is 10.2. The molecule has 16 heavy (non-hydrogen) atoms. The SMILES string of the molecule is CC1CCCN1c1ccc(Cl)cc1[N+](=O)[O-]. The molecular weight excluding hydrogens is 228 g/mol. The van der Waals surface area contributed by atoms with Crippen LogP contribution in [0, 0.1) is 10.1 Å².